The minimum atomic E-state index is -0.397. The Hall–Kier alpha value is -2.90. The first-order chi connectivity index (χ1) is 15.2. The Morgan fingerprint density at radius 1 is 1.16 bits per heavy atom. The SMILES string of the molecule is Fc1ccc(Cl)cc1-c1cc(-c2cncc(OCC3CCCO3)c2)c2c(n1)NCCO2. The van der Waals surface area contributed by atoms with Crippen LogP contribution in [0.15, 0.2) is 42.7 Å². The van der Waals surface area contributed by atoms with Crippen LogP contribution in [0.3, 0.4) is 0 Å². The number of pyridine rings is 2. The summed E-state index contributed by atoms with van der Waals surface area (Å²) in [7, 11) is 0. The summed E-state index contributed by atoms with van der Waals surface area (Å²) in [6.45, 7) is 2.39. The molecule has 1 fully saturated rings. The summed E-state index contributed by atoms with van der Waals surface area (Å²) >= 11 is 6.10. The molecule has 2 aliphatic heterocycles. The molecule has 0 radical (unpaired) electrons. The van der Waals surface area contributed by atoms with Crippen molar-refractivity contribution in [3.05, 3.63) is 53.6 Å². The molecule has 31 heavy (non-hydrogen) atoms. The molecule has 1 atom stereocenters. The molecular weight excluding hydrogens is 421 g/mol. The highest BCUT2D eigenvalue weighted by Gasteiger charge is 2.22. The monoisotopic (exact) mass is 441 g/mol. The quantitative estimate of drug-likeness (QED) is 0.603. The third-order valence-corrected chi connectivity index (χ3v) is 5.54. The Kier molecular flexibility index (Phi) is 5.61. The zero-order valence-electron chi connectivity index (χ0n) is 16.7. The summed E-state index contributed by atoms with van der Waals surface area (Å²) < 4.78 is 32.0. The normalized spacial score (nSPS) is 17.5. The Morgan fingerprint density at radius 3 is 2.97 bits per heavy atom. The minimum Gasteiger partial charge on any atom is -0.489 e. The molecule has 1 aromatic carbocycles. The van der Waals surface area contributed by atoms with Crippen molar-refractivity contribution in [1.29, 1.82) is 0 Å². The van der Waals surface area contributed by atoms with Crippen molar-refractivity contribution in [2.75, 3.05) is 31.7 Å². The molecule has 1 saturated heterocycles. The van der Waals surface area contributed by atoms with Crippen molar-refractivity contribution >= 4 is 17.4 Å². The van der Waals surface area contributed by atoms with Crippen molar-refractivity contribution in [2.45, 2.75) is 18.9 Å². The maximum absolute atomic E-state index is 14.5. The number of anilines is 1. The zero-order valence-corrected chi connectivity index (χ0v) is 17.5. The van der Waals surface area contributed by atoms with E-state index in [4.69, 9.17) is 25.8 Å². The number of benzene rings is 1. The number of hydrogen-bond acceptors (Lipinski definition) is 6. The highest BCUT2D eigenvalue weighted by Crippen LogP contribution is 2.41. The first-order valence-corrected chi connectivity index (χ1v) is 10.6. The fourth-order valence-corrected chi connectivity index (χ4v) is 3.95. The summed E-state index contributed by atoms with van der Waals surface area (Å²) in [5.41, 5.74) is 2.32. The van der Waals surface area contributed by atoms with Gasteiger partial charge in [-0.1, -0.05) is 11.6 Å². The standard InChI is InChI=1S/C23H21ClFN3O3/c24-15-3-4-20(25)19(9-15)21-10-18(22-23(28-21)27-5-7-30-22)14-8-17(12-26-11-14)31-13-16-2-1-6-29-16/h3-4,8-12,16H,1-2,5-7,13H2,(H,27,28). The summed E-state index contributed by atoms with van der Waals surface area (Å²) in [6, 6.07) is 8.11. The lowest BCUT2D eigenvalue weighted by Gasteiger charge is -2.22. The average Bonchev–Trinajstić information content (AvgIpc) is 3.32. The molecule has 5 rings (SSSR count). The zero-order chi connectivity index (χ0) is 21.2. The van der Waals surface area contributed by atoms with Crippen LogP contribution >= 0.6 is 11.6 Å². The first-order valence-electron chi connectivity index (χ1n) is 10.2. The summed E-state index contributed by atoms with van der Waals surface area (Å²) in [4.78, 5) is 8.91. The van der Waals surface area contributed by atoms with Crippen molar-refractivity contribution < 1.29 is 18.6 Å². The predicted octanol–water partition coefficient (Wildman–Crippen LogP) is 4.97. The predicted molar refractivity (Wildman–Crippen MR) is 116 cm³/mol. The number of rotatable bonds is 5. The van der Waals surface area contributed by atoms with Gasteiger partial charge in [-0.25, -0.2) is 9.37 Å². The third kappa shape index (κ3) is 4.29. The molecule has 2 aromatic heterocycles. The summed E-state index contributed by atoms with van der Waals surface area (Å²) in [6.07, 6.45) is 5.57. The lowest BCUT2D eigenvalue weighted by molar-refractivity contribution is 0.0678. The molecule has 160 valence electrons. The van der Waals surface area contributed by atoms with E-state index in [1.807, 2.05) is 6.07 Å². The molecule has 0 saturated carbocycles. The van der Waals surface area contributed by atoms with Crippen LogP contribution in [0.2, 0.25) is 5.02 Å². The molecule has 0 amide bonds. The molecule has 2 aliphatic rings. The van der Waals surface area contributed by atoms with Gasteiger partial charge in [0.2, 0.25) is 0 Å². The van der Waals surface area contributed by atoms with Gasteiger partial charge in [-0.3, -0.25) is 4.98 Å². The Balaban J connectivity index is 1.53. The smallest absolute Gasteiger partial charge is 0.170 e. The molecule has 3 aromatic rings. The topological polar surface area (TPSA) is 65.5 Å². The van der Waals surface area contributed by atoms with Crippen molar-refractivity contribution in [2.24, 2.45) is 0 Å². The van der Waals surface area contributed by atoms with E-state index in [9.17, 15) is 4.39 Å². The van der Waals surface area contributed by atoms with Crippen LogP contribution in [0.25, 0.3) is 22.4 Å². The van der Waals surface area contributed by atoms with Crippen LogP contribution in [0.4, 0.5) is 10.2 Å². The van der Waals surface area contributed by atoms with E-state index in [0.717, 1.165) is 30.6 Å². The minimum absolute atomic E-state index is 0.113. The maximum atomic E-state index is 14.5. The van der Waals surface area contributed by atoms with E-state index >= 15 is 0 Å². The van der Waals surface area contributed by atoms with Gasteiger partial charge in [0.25, 0.3) is 0 Å². The van der Waals surface area contributed by atoms with E-state index in [0.29, 0.717) is 53.4 Å². The van der Waals surface area contributed by atoms with Gasteiger partial charge in [0.1, 0.15) is 24.8 Å². The van der Waals surface area contributed by atoms with E-state index in [-0.39, 0.29) is 6.10 Å². The Morgan fingerprint density at radius 2 is 2.10 bits per heavy atom. The van der Waals surface area contributed by atoms with Crippen molar-refractivity contribution in [1.82, 2.24) is 9.97 Å². The van der Waals surface area contributed by atoms with Crippen molar-refractivity contribution in [3.63, 3.8) is 0 Å². The molecule has 6 nitrogen and oxygen atoms in total. The highest BCUT2D eigenvalue weighted by atomic mass is 35.5. The Bertz CT molecular complexity index is 1110. The van der Waals surface area contributed by atoms with Gasteiger partial charge in [-0.05, 0) is 43.2 Å². The van der Waals surface area contributed by atoms with Crippen LogP contribution in [-0.2, 0) is 4.74 Å². The van der Waals surface area contributed by atoms with Gasteiger partial charge in [0, 0.05) is 34.5 Å². The van der Waals surface area contributed by atoms with Crippen LogP contribution < -0.4 is 14.8 Å². The third-order valence-electron chi connectivity index (χ3n) is 5.30. The number of aromatic nitrogens is 2. The highest BCUT2D eigenvalue weighted by molar-refractivity contribution is 6.30. The largest absolute Gasteiger partial charge is 0.489 e. The number of halogens is 2. The maximum Gasteiger partial charge on any atom is 0.170 e. The molecule has 1 unspecified atom stereocenters. The average molecular weight is 442 g/mol. The van der Waals surface area contributed by atoms with E-state index in [1.165, 1.54) is 12.1 Å². The van der Waals surface area contributed by atoms with E-state index in [1.54, 1.807) is 24.5 Å². The molecule has 8 heteroatoms. The number of fused-ring (bicyclic) bond motifs is 1. The molecule has 4 heterocycles. The summed E-state index contributed by atoms with van der Waals surface area (Å²) in [5.74, 6) is 1.41. The van der Waals surface area contributed by atoms with Gasteiger partial charge in [0.05, 0.1) is 24.5 Å². The van der Waals surface area contributed by atoms with Crippen LogP contribution in [0, 0.1) is 5.82 Å². The number of ether oxygens (including phenoxy) is 3. The lowest BCUT2D eigenvalue weighted by atomic mass is 10.0. The molecule has 0 spiro atoms. The fraction of sp³-hybridized carbons (Fsp3) is 0.304. The Labute approximate surface area is 184 Å². The van der Waals surface area contributed by atoms with E-state index < -0.39 is 5.82 Å². The van der Waals surface area contributed by atoms with Gasteiger partial charge < -0.3 is 19.5 Å². The molecular formula is C23H21ClFN3O3. The number of nitrogens with zero attached hydrogens (tertiary/aromatic N) is 2. The second kappa shape index (κ2) is 8.69. The van der Waals surface area contributed by atoms with Crippen LogP contribution in [0.1, 0.15) is 12.8 Å². The van der Waals surface area contributed by atoms with Crippen LogP contribution in [-0.4, -0.2) is 42.4 Å². The fourth-order valence-electron chi connectivity index (χ4n) is 3.78. The second-order valence-corrected chi connectivity index (χ2v) is 7.92. The second-order valence-electron chi connectivity index (χ2n) is 7.49. The molecule has 0 aliphatic carbocycles. The number of hydrogen-bond donors (Lipinski definition) is 1. The molecule has 0 bridgehead atoms. The van der Waals surface area contributed by atoms with Crippen molar-refractivity contribution in [3.8, 4) is 33.9 Å². The summed E-state index contributed by atoms with van der Waals surface area (Å²) in [5, 5.41) is 3.67. The van der Waals surface area contributed by atoms with Crippen LogP contribution in [0.5, 0.6) is 11.5 Å². The number of nitrogens with one attached hydrogen (secondary N) is 1. The lowest BCUT2D eigenvalue weighted by Crippen LogP contribution is -2.20. The van der Waals surface area contributed by atoms with Gasteiger partial charge in [0.15, 0.2) is 11.6 Å². The molecule has 1 N–H and O–H groups in total. The first kappa shape index (κ1) is 20.0. The van der Waals surface area contributed by atoms with Gasteiger partial charge in [-0.2, -0.15) is 0 Å². The van der Waals surface area contributed by atoms with E-state index in [2.05, 4.69) is 15.3 Å². The van der Waals surface area contributed by atoms with Gasteiger partial charge in [-0.15, -0.1) is 0 Å². The van der Waals surface area contributed by atoms with Gasteiger partial charge >= 0.3 is 0 Å².